The first-order chi connectivity index (χ1) is 12.1. The van der Waals surface area contributed by atoms with Crippen molar-refractivity contribution in [3.05, 3.63) is 75.5 Å². The number of aryl methyl sites for hydroxylation is 4. The number of hydrogen-bond acceptors (Lipinski definition) is 4. The lowest BCUT2D eigenvalue weighted by atomic mass is 10.1. The lowest BCUT2D eigenvalue weighted by Crippen LogP contribution is -2.14. The van der Waals surface area contributed by atoms with Gasteiger partial charge in [-0.05, 0) is 61.2 Å². The van der Waals surface area contributed by atoms with E-state index >= 15 is 0 Å². The highest BCUT2D eigenvalue weighted by Gasteiger charge is 2.09. The maximum atomic E-state index is 12.2. The van der Waals surface area contributed by atoms with E-state index in [0.29, 0.717) is 6.42 Å². The summed E-state index contributed by atoms with van der Waals surface area (Å²) < 4.78 is 0. The maximum absolute atomic E-state index is 12.2. The van der Waals surface area contributed by atoms with Crippen molar-refractivity contribution in [1.82, 2.24) is 9.97 Å². The molecule has 0 bridgehead atoms. The SMILES string of the molecule is Cc1ccc(NC(=O)Cc2csc(CCc3ccncc3)n2)cc1C. The Bertz CT molecular complexity index is 858. The van der Waals surface area contributed by atoms with Gasteiger partial charge in [-0.3, -0.25) is 9.78 Å². The number of rotatable bonds is 6. The number of amides is 1. The fourth-order valence-corrected chi connectivity index (χ4v) is 3.33. The molecule has 2 aromatic heterocycles. The number of nitrogens with zero attached hydrogens (tertiary/aromatic N) is 2. The topological polar surface area (TPSA) is 54.9 Å². The fourth-order valence-electron chi connectivity index (χ4n) is 2.53. The number of nitrogens with one attached hydrogen (secondary N) is 1. The van der Waals surface area contributed by atoms with Crippen molar-refractivity contribution in [3.8, 4) is 0 Å². The average molecular weight is 351 g/mol. The smallest absolute Gasteiger partial charge is 0.230 e. The van der Waals surface area contributed by atoms with E-state index in [1.54, 1.807) is 23.7 Å². The number of anilines is 1. The van der Waals surface area contributed by atoms with E-state index < -0.39 is 0 Å². The van der Waals surface area contributed by atoms with Crippen LogP contribution >= 0.6 is 11.3 Å². The summed E-state index contributed by atoms with van der Waals surface area (Å²) in [5, 5.41) is 5.98. The molecule has 5 heteroatoms. The molecule has 0 saturated heterocycles. The van der Waals surface area contributed by atoms with Gasteiger partial charge < -0.3 is 5.32 Å². The van der Waals surface area contributed by atoms with E-state index in [4.69, 9.17) is 0 Å². The van der Waals surface area contributed by atoms with E-state index in [0.717, 1.165) is 29.2 Å². The molecule has 0 aliphatic rings. The third-order valence-electron chi connectivity index (χ3n) is 4.11. The number of carbonyl (C=O) groups excluding carboxylic acids is 1. The molecule has 0 aliphatic carbocycles. The summed E-state index contributed by atoms with van der Waals surface area (Å²) in [4.78, 5) is 20.8. The van der Waals surface area contributed by atoms with Crippen LogP contribution in [0.3, 0.4) is 0 Å². The Kier molecular flexibility index (Phi) is 5.56. The molecule has 3 aromatic rings. The first-order valence-corrected chi connectivity index (χ1v) is 9.17. The zero-order chi connectivity index (χ0) is 17.6. The predicted molar refractivity (Wildman–Crippen MR) is 102 cm³/mol. The van der Waals surface area contributed by atoms with Crippen LogP contribution < -0.4 is 5.32 Å². The van der Waals surface area contributed by atoms with Crippen molar-refractivity contribution in [3.63, 3.8) is 0 Å². The van der Waals surface area contributed by atoms with Gasteiger partial charge in [-0.25, -0.2) is 4.98 Å². The summed E-state index contributed by atoms with van der Waals surface area (Å²) in [6.07, 6.45) is 5.73. The van der Waals surface area contributed by atoms with Gasteiger partial charge in [0, 0.05) is 29.9 Å². The van der Waals surface area contributed by atoms with Crippen molar-refractivity contribution in [1.29, 1.82) is 0 Å². The van der Waals surface area contributed by atoms with Gasteiger partial charge in [0.05, 0.1) is 17.1 Å². The van der Waals surface area contributed by atoms with Crippen molar-refractivity contribution in [2.45, 2.75) is 33.1 Å². The monoisotopic (exact) mass is 351 g/mol. The number of benzene rings is 1. The van der Waals surface area contributed by atoms with Gasteiger partial charge in [0.15, 0.2) is 0 Å². The normalized spacial score (nSPS) is 10.6. The molecule has 2 heterocycles. The number of pyridine rings is 1. The molecule has 0 fully saturated rings. The Morgan fingerprint density at radius 3 is 2.64 bits per heavy atom. The molecule has 25 heavy (non-hydrogen) atoms. The molecule has 0 aliphatic heterocycles. The van der Waals surface area contributed by atoms with E-state index in [2.05, 4.69) is 22.2 Å². The van der Waals surface area contributed by atoms with Crippen LogP contribution in [0.15, 0.2) is 48.1 Å². The van der Waals surface area contributed by atoms with E-state index in [1.165, 1.54) is 16.7 Å². The maximum Gasteiger partial charge on any atom is 0.230 e. The summed E-state index contributed by atoms with van der Waals surface area (Å²) in [6, 6.07) is 9.98. The first-order valence-electron chi connectivity index (χ1n) is 8.29. The highest BCUT2D eigenvalue weighted by Crippen LogP contribution is 2.16. The minimum Gasteiger partial charge on any atom is -0.326 e. The minimum absolute atomic E-state index is 0.0331. The molecule has 1 amide bonds. The Morgan fingerprint density at radius 1 is 1.08 bits per heavy atom. The molecule has 0 radical (unpaired) electrons. The lowest BCUT2D eigenvalue weighted by Gasteiger charge is -2.06. The minimum atomic E-state index is -0.0331. The Morgan fingerprint density at radius 2 is 1.88 bits per heavy atom. The second-order valence-electron chi connectivity index (χ2n) is 6.11. The van der Waals surface area contributed by atoms with Gasteiger partial charge in [-0.2, -0.15) is 0 Å². The first kappa shape index (κ1) is 17.3. The van der Waals surface area contributed by atoms with Gasteiger partial charge in [-0.1, -0.05) is 6.07 Å². The lowest BCUT2D eigenvalue weighted by molar-refractivity contribution is -0.115. The summed E-state index contributed by atoms with van der Waals surface area (Å²) in [5.74, 6) is -0.0331. The molecule has 0 spiro atoms. The summed E-state index contributed by atoms with van der Waals surface area (Å²) >= 11 is 1.61. The molecule has 128 valence electrons. The van der Waals surface area contributed by atoms with Crippen LogP contribution in [0.5, 0.6) is 0 Å². The summed E-state index contributed by atoms with van der Waals surface area (Å²) in [6.45, 7) is 4.10. The number of carbonyl (C=O) groups is 1. The number of thiazole rings is 1. The number of aromatic nitrogens is 2. The van der Waals surface area contributed by atoms with Crippen LogP contribution in [0.25, 0.3) is 0 Å². The highest BCUT2D eigenvalue weighted by molar-refractivity contribution is 7.09. The van der Waals surface area contributed by atoms with Gasteiger partial charge in [0.2, 0.25) is 5.91 Å². The van der Waals surface area contributed by atoms with Crippen LogP contribution in [0.4, 0.5) is 5.69 Å². The standard InChI is InChI=1S/C20H21N3OS/c1-14-3-5-17(11-15(14)2)22-19(24)12-18-13-25-20(23-18)6-4-16-7-9-21-10-8-16/h3,5,7-11,13H,4,6,12H2,1-2H3,(H,22,24). The molecule has 0 unspecified atom stereocenters. The van der Waals surface area contributed by atoms with Crippen LogP contribution in [0.1, 0.15) is 27.4 Å². The van der Waals surface area contributed by atoms with Crippen molar-refractivity contribution in [2.75, 3.05) is 5.32 Å². The Labute approximate surface area is 152 Å². The second kappa shape index (κ2) is 8.03. The molecule has 0 atom stereocenters. The second-order valence-corrected chi connectivity index (χ2v) is 7.05. The summed E-state index contributed by atoms with van der Waals surface area (Å²) in [7, 11) is 0. The molecular weight excluding hydrogens is 330 g/mol. The predicted octanol–water partition coefficient (Wildman–Crippen LogP) is 4.12. The van der Waals surface area contributed by atoms with Gasteiger partial charge in [0.25, 0.3) is 0 Å². The molecule has 3 rings (SSSR count). The van der Waals surface area contributed by atoms with Crippen molar-refractivity contribution < 1.29 is 4.79 Å². The van der Waals surface area contributed by atoms with E-state index in [1.807, 2.05) is 42.6 Å². The van der Waals surface area contributed by atoms with Gasteiger partial charge in [0.1, 0.15) is 0 Å². The molecule has 1 N–H and O–H groups in total. The van der Waals surface area contributed by atoms with Gasteiger partial charge >= 0.3 is 0 Å². The fraction of sp³-hybridized carbons (Fsp3) is 0.250. The van der Waals surface area contributed by atoms with Gasteiger partial charge in [-0.15, -0.1) is 11.3 Å². The van der Waals surface area contributed by atoms with Crippen molar-refractivity contribution >= 4 is 22.9 Å². The molecular formula is C20H21N3OS. The zero-order valence-electron chi connectivity index (χ0n) is 14.5. The van der Waals surface area contributed by atoms with E-state index in [9.17, 15) is 4.79 Å². The molecule has 4 nitrogen and oxygen atoms in total. The Hall–Kier alpha value is -2.53. The largest absolute Gasteiger partial charge is 0.326 e. The average Bonchev–Trinajstić information content (AvgIpc) is 3.04. The van der Waals surface area contributed by atoms with Crippen molar-refractivity contribution in [2.24, 2.45) is 0 Å². The molecule has 1 aromatic carbocycles. The number of hydrogen-bond donors (Lipinski definition) is 1. The quantitative estimate of drug-likeness (QED) is 0.727. The zero-order valence-corrected chi connectivity index (χ0v) is 15.3. The van der Waals surface area contributed by atoms with Crippen LogP contribution in [-0.4, -0.2) is 15.9 Å². The summed E-state index contributed by atoms with van der Waals surface area (Å²) in [5.41, 5.74) is 5.30. The Balaban J connectivity index is 1.53. The van der Waals surface area contributed by atoms with Crippen LogP contribution in [-0.2, 0) is 24.1 Å². The van der Waals surface area contributed by atoms with E-state index in [-0.39, 0.29) is 5.91 Å². The van der Waals surface area contributed by atoms with Crippen LogP contribution in [0, 0.1) is 13.8 Å². The van der Waals surface area contributed by atoms with Crippen LogP contribution in [0.2, 0.25) is 0 Å². The highest BCUT2D eigenvalue weighted by atomic mass is 32.1. The third-order valence-corrected chi connectivity index (χ3v) is 5.07. The third kappa shape index (κ3) is 4.97. The molecule has 0 saturated carbocycles.